The second-order valence-electron chi connectivity index (χ2n) is 4.74. The monoisotopic (exact) mass is 338 g/mol. The number of likely N-dealkylation sites (tertiary alicyclic amines) is 1. The van der Waals surface area contributed by atoms with Crippen molar-refractivity contribution in [3.8, 4) is 0 Å². The first-order valence-corrected chi connectivity index (χ1v) is 6.28. The minimum Gasteiger partial charge on any atom is -0.444 e. The van der Waals surface area contributed by atoms with Crippen LogP contribution < -0.4 is 0 Å². The molecule has 5 nitrogen and oxygen atoms in total. The zero-order valence-electron chi connectivity index (χ0n) is 19.7. The maximum absolute atomic E-state index is 12.6. The first kappa shape index (κ1) is 6.61. The van der Waals surface area contributed by atoms with E-state index in [-0.39, 0.29) is 9.37 Å². The molecule has 106 valence electrons. The first-order chi connectivity index (χ1) is 12.2. The Bertz CT molecular complexity index is 762. The van der Waals surface area contributed by atoms with Crippen molar-refractivity contribution in [2.75, 3.05) is 13.0 Å². The summed E-state index contributed by atoms with van der Waals surface area (Å²) in [6, 6.07) is -3.21. The Morgan fingerprint density at radius 2 is 2.21 bits per heavy atom. The summed E-state index contributed by atoms with van der Waals surface area (Å²) in [4.78, 5) is 12.3. The van der Waals surface area contributed by atoms with E-state index in [4.69, 9.17) is 17.1 Å². The predicted octanol–water partition coefficient (Wildman–Crippen LogP) is 3.22. The normalized spacial score (nSPS) is 36.8. The van der Waals surface area contributed by atoms with Crippen molar-refractivity contribution < 1.29 is 21.9 Å². The van der Waals surface area contributed by atoms with Gasteiger partial charge in [0.15, 0.2) is 0 Å². The van der Waals surface area contributed by atoms with Crippen molar-refractivity contribution in [1.82, 2.24) is 14.7 Å². The number of nitrogens with zero attached hydrogens (tertiary/aromatic N) is 3. The molecule has 0 bridgehead atoms. The Balaban J connectivity index is 2.78. The minimum atomic E-state index is -3.47. The zero-order valence-corrected chi connectivity index (χ0v) is 12.3. The lowest BCUT2D eigenvalue weighted by Gasteiger charge is -2.33. The van der Waals surface area contributed by atoms with Crippen molar-refractivity contribution in [3.05, 3.63) is 16.9 Å². The lowest BCUT2D eigenvalue weighted by atomic mass is 10.1. The third-order valence-corrected chi connectivity index (χ3v) is 2.34. The van der Waals surface area contributed by atoms with Crippen LogP contribution >= 0.6 is 15.9 Å². The van der Waals surface area contributed by atoms with Crippen molar-refractivity contribution >= 4 is 22.0 Å². The highest BCUT2D eigenvalue weighted by Gasteiger charge is 2.27. The van der Waals surface area contributed by atoms with Crippen LogP contribution in [0.1, 0.15) is 51.9 Å². The number of hydrogen-bond acceptors (Lipinski definition) is 3. The van der Waals surface area contributed by atoms with Crippen LogP contribution in [0.5, 0.6) is 0 Å². The van der Waals surface area contributed by atoms with Gasteiger partial charge in [0.25, 0.3) is 0 Å². The summed E-state index contributed by atoms with van der Waals surface area (Å²) in [6.07, 6.45) is -6.31. The average molecular weight is 339 g/mol. The van der Waals surface area contributed by atoms with E-state index in [1.165, 1.54) is 20.8 Å². The molecule has 6 heteroatoms. The summed E-state index contributed by atoms with van der Waals surface area (Å²) in [5.74, 6) is 0. The number of carbonyl (C=O) groups excluding carboxylic acids is 1. The van der Waals surface area contributed by atoms with Crippen molar-refractivity contribution in [1.29, 1.82) is 0 Å². The molecule has 1 saturated heterocycles. The fraction of sp³-hybridized carbons (Fsp3) is 0.692. The van der Waals surface area contributed by atoms with Gasteiger partial charge in [-0.1, -0.05) is 0 Å². The molecule has 0 aromatic carbocycles. The van der Waals surface area contributed by atoms with E-state index in [0.717, 1.165) is 12.4 Å². The fourth-order valence-corrected chi connectivity index (χ4v) is 1.50. The van der Waals surface area contributed by atoms with Gasteiger partial charge >= 0.3 is 6.09 Å². The maximum atomic E-state index is 12.6. The van der Waals surface area contributed by atoms with Gasteiger partial charge in [0, 0.05) is 30.2 Å². The lowest BCUT2D eigenvalue weighted by molar-refractivity contribution is 0.0185. The van der Waals surface area contributed by atoms with E-state index < -0.39 is 43.5 Å². The van der Waals surface area contributed by atoms with Gasteiger partial charge in [0.1, 0.15) is 5.60 Å². The molecular formula is C13H20BrN3O2. The molecule has 0 radical (unpaired) electrons. The number of rotatable bonds is 1. The van der Waals surface area contributed by atoms with Crippen molar-refractivity contribution in [3.63, 3.8) is 0 Å². The van der Waals surface area contributed by atoms with Crippen molar-refractivity contribution in [2.45, 2.75) is 45.1 Å². The van der Waals surface area contributed by atoms with Crippen LogP contribution in [-0.4, -0.2) is 39.4 Å². The molecule has 0 N–H and O–H groups in total. The average Bonchev–Trinajstić information content (AvgIpc) is 2.88. The Morgan fingerprint density at radius 3 is 2.68 bits per heavy atom. The molecule has 0 atom stereocenters. The van der Waals surface area contributed by atoms with Gasteiger partial charge in [-0.25, -0.2) is 4.79 Å². The molecule has 2 heterocycles. The number of ether oxygens (including phenoxy) is 1. The van der Waals surface area contributed by atoms with Gasteiger partial charge in [-0.2, -0.15) is 5.10 Å². The number of amides is 1. The van der Waals surface area contributed by atoms with E-state index in [2.05, 4.69) is 21.0 Å². The summed E-state index contributed by atoms with van der Waals surface area (Å²) in [5, 5.41) is 3.70. The van der Waals surface area contributed by atoms with Gasteiger partial charge in [-0.3, -0.25) is 4.68 Å². The van der Waals surface area contributed by atoms with Gasteiger partial charge in [0.2, 0.25) is 0 Å². The number of piperidine rings is 1. The Kier molecular flexibility index (Phi) is 1.92. The predicted molar refractivity (Wildman–Crippen MR) is 76.0 cm³/mol. The van der Waals surface area contributed by atoms with Crippen LogP contribution in [0.3, 0.4) is 0 Å². The molecule has 1 amide bonds. The lowest BCUT2D eigenvalue weighted by Crippen LogP contribution is -2.42. The standard InChI is InChI=1S/C13H20BrN3O2/c1-13(2,3)19-12(18)16-6-4-11(5-7-16)17-9-10(14)8-15-17/h8-9,11H,4-7H2,1-3H3/i4D2,5D2,6D2,7D2,11D. The number of halogens is 1. The quantitative estimate of drug-likeness (QED) is 0.789. The molecule has 1 aromatic rings. The zero-order chi connectivity index (χ0) is 22.1. The van der Waals surface area contributed by atoms with Crippen LogP contribution in [0, 0.1) is 0 Å². The fourth-order valence-electron chi connectivity index (χ4n) is 1.21. The maximum Gasteiger partial charge on any atom is 0.410 e. The van der Waals surface area contributed by atoms with E-state index >= 15 is 0 Å². The van der Waals surface area contributed by atoms with E-state index in [1.807, 2.05) is 0 Å². The Hall–Kier alpha value is -1.04. The van der Waals surface area contributed by atoms with E-state index in [9.17, 15) is 4.79 Å². The number of hydrogen-bond donors (Lipinski definition) is 0. The molecule has 0 spiro atoms. The number of carbonyl (C=O) groups is 1. The van der Waals surface area contributed by atoms with Crippen LogP contribution in [0.4, 0.5) is 4.79 Å². The molecule has 2 rings (SSSR count). The molecular weight excluding hydrogens is 310 g/mol. The highest BCUT2D eigenvalue weighted by atomic mass is 79.9. The molecule has 0 unspecified atom stereocenters. The SMILES string of the molecule is [2H]C1([2H])N(C(=O)OC(C)(C)C)C([2H])([2H])C([2H])([2H])C([2H])(n2cc(Br)cn2)C1([2H])[2H]. The largest absolute Gasteiger partial charge is 0.444 e. The molecule has 0 saturated carbocycles. The Morgan fingerprint density at radius 1 is 1.58 bits per heavy atom. The molecule has 1 aliphatic heterocycles. The molecule has 1 aromatic heterocycles. The van der Waals surface area contributed by atoms with E-state index in [1.54, 1.807) is 0 Å². The van der Waals surface area contributed by atoms with Crippen LogP contribution in [0.15, 0.2) is 16.9 Å². The molecule has 0 aliphatic carbocycles. The summed E-state index contributed by atoms with van der Waals surface area (Å²) < 4.78 is 80.3. The highest BCUT2D eigenvalue weighted by molar-refractivity contribution is 9.10. The van der Waals surface area contributed by atoms with Crippen LogP contribution in [0.2, 0.25) is 0 Å². The second kappa shape index (κ2) is 5.53. The van der Waals surface area contributed by atoms with Crippen molar-refractivity contribution in [2.24, 2.45) is 0 Å². The topological polar surface area (TPSA) is 47.4 Å². The molecule has 1 fully saturated rings. The van der Waals surface area contributed by atoms with Crippen LogP contribution in [-0.2, 0) is 4.74 Å². The highest BCUT2D eigenvalue weighted by Crippen LogP contribution is 2.24. The Labute approximate surface area is 134 Å². The smallest absolute Gasteiger partial charge is 0.410 e. The minimum absolute atomic E-state index is 0.239. The van der Waals surface area contributed by atoms with Gasteiger partial charge < -0.3 is 9.64 Å². The second-order valence-corrected chi connectivity index (χ2v) is 5.66. The van der Waals surface area contributed by atoms with Gasteiger partial charge in [0.05, 0.1) is 18.1 Å². The van der Waals surface area contributed by atoms with Gasteiger partial charge in [-0.05, 0) is 49.4 Å². The van der Waals surface area contributed by atoms with Crippen LogP contribution in [0.25, 0.3) is 0 Å². The third-order valence-electron chi connectivity index (χ3n) is 1.93. The van der Waals surface area contributed by atoms with Gasteiger partial charge in [-0.15, -0.1) is 0 Å². The summed E-state index contributed by atoms with van der Waals surface area (Å²) >= 11 is 3.04. The third kappa shape index (κ3) is 3.96. The number of aromatic nitrogens is 2. The molecule has 19 heavy (non-hydrogen) atoms. The summed E-state index contributed by atoms with van der Waals surface area (Å²) in [5.41, 5.74) is -1.18. The van der Waals surface area contributed by atoms with E-state index in [0.29, 0.717) is 4.68 Å². The summed E-state index contributed by atoms with van der Waals surface area (Å²) in [7, 11) is 0. The summed E-state index contributed by atoms with van der Waals surface area (Å²) in [6.45, 7) is -2.60. The first-order valence-electron chi connectivity index (χ1n) is 9.99. The molecule has 1 aliphatic rings.